The highest BCUT2D eigenvalue weighted by molar-refractivity contribution is 4.98. The Kier molecular flexibility index (Phi) is 2.29. The van der Waals surface area contributed by atoms with Gasteiger partial charge in [-0.25, -0.2) is 0 Å². The highest BCUT2D eigenvalue weighted by atomic mass is 15.2. The first-order valence-electron chi connectivity index (χ1n) is 6.34. The maximum Gasteiger partial charge on any atom is 0.0139 e. The zero-order valence-corrected chi connectivity index (χ0v) is 8.99. The van der Waals surface area contributed by atoms with Crippen LogP contribution in [0.15, 0.2) is 0 Å². The fraction of sp³-hybridized carbons (Fsp3) is 1.00. The molecule has 3 fully saturated rings. The summed E-state index contributed by atoms with van der Waals surface area (Å²) in [6.07, 6.45) is 8.69. The lowest BCUT2D eigenvalue weighted by Gasteiger charge is -2.35. The lowest BCUT2D eigenvalue weighted by atomic mass is 9.99. The Morgan fingerprint density at radius 3 is 2.71 bits per heavy atom. The average Bonchev–Trinajstić information content (AvgIpc) is 2.92. The average molecular weight is 194 g/mol. The largest absolute Gasteiger partial charge is 0.330 e. The number of fused-ring (bicyclic) bond motifs is 2. The van der Waals surface area contributed by atoms with E-state index >= 15 is 0 Å². The molecule has 4 atom stereocenters. The second kappa shape index (κ2) is 3.49. The molecular formula is C12H22N2. The number of hydrogen-bond acceptors (Lipinski definition) is 2. The van der Waals surface area contributed by atoms with E-state index < -0.39 is 0 Å². The second-order valence-corrected chi connectivity index (χ2v) is 5.52. The molecule has 0 spiro atoms. The van der Waals surface area contributed by atoms with E-state index in [4.69, 9.17) is 5.73 Å². The monoisotopic (exact) mass is 194 g/mol. The summed E-state index contributed by atoms with van der Waals surface area (Å²) in [7, 11) is 0. The van der Waals surface area contributed by atoms with E-state index in [0.29, 0.717) is 0 Å². The minimum absolute atomic E-state index is 0.814. The Bertz CT molecular complexity index is 212. The summed E-state index contributed by atoms with van der Waals surface area (Å²) in [4.78, 5) is 2.82. The molecule has 2 saturated carbocycles. The third kappa shape index (κ3) is 1.31. The molecule has 80 valence electrons. The maximum absolute atomic E-state index is 5.86. The summed E-state index contributed by atoms with van der Waals surface area (Å²) in [5.74, 6) is 1.85. The Labute approximate surface area is 86.8 Å². The predicted octanol–water partition coefficient (Wildman–Crippen LogP) is 1.60. The number of rotatable bonds is 2. The van der Waals surface area contributed by atoms with Crippen LogP contribution in [-0.4, -0.2) is 30.1 Å². The molecule has 3 rings (SSSR count). The van der Waals surface area contributed by atoms with Crippen LogP contribution in [0, 0.1) is 11.8 Å². The number of nitrogens with two attached hydrogens (primary N) is 1. The van der Waals surface area contributed by atoms with Crippen molar-refractivity contribution in [2.45, 2.75) is 50.6 Å². The van der Waals surface area contributed by atoms with Gasteiger partial charge in [0.25, 0.3) is 0 Å². The SMILES string of the molecule is NCC1CCCC1N1CC2CCC1C2. The van der Waals surface area contributed by atoms with Crippen LogP contribution in [0.2, 0.25) is 0 Å². The maximum atomic E-state index is 5.86. The van der Waals surface area contributed by atoms with Crippen molar-refractivity contribution in [3.63, 3.8) is 0 Å². The van der Waals surface area contributed by atoms with Gasteiger partial charge < -0.3 is 5.73 Å². The van der Waals surface area contributed by atoms with Crippen LogP contribution in [0.3, 0.4) is 0 Å². The van der Waals surface area contributed by atoms with E-state index in [0.717, 1.165) is 30.5 Å². The van der Waals surface area contributed by atoms with Crippen molar-refractivity contribution in [2.75, 3.05) is 13.1 Å². The fourth-order valence-electron chi connectivity index (χ4n) is 4.10. The highest BCUT2D eigenvalue weighted by Crippen LogP contribution is 2.42. The summed E-state index contributed by atoms with van der Waals surface area (Å²) < 4.78 is 0. The molecule has 1 aliphatic heterocycles. The van der Waals surface area contributed by atoms with E-state index in [-0.39, 0.29) is 0 Å². The van der Waals surface area contributed by atoms with Gasteiger partial charge in [0, 0.05) is 18.6 Å². The topological polar surface area (TPSA) is 29.3 Å². The van der Waals surface area contributed by atoms with Crippen LogP contribution < -0.4 is 5.73 Å². The minimum atomic E-state index is 0.814. The first-order valence-corrected chi connectivity index (χ1v) is 6.34. The Balaban J connectivity index is 1.70. The zero-order valence-electron chi connectivity index (χ0n) is 8.99. The molecule has 2 aliphatic carbocycles. The summed E-state index contributed by atoms with van der Waals surface area (Å²) in [6, 6.07) is 1.80. The van der Waals surface area contributed by atoms with E-state index in [2.05, 4.69) is 4.90 Å². The normalized spacial score (nSPS) is 47.8. The van der Waals surface area contributed by atoms with Crippen LogP contribution in [0.25, 0.3) is 0 Å². The summed E-state index contributed by atoms with van der Waals surface area (Å²) in [5, 5.41) is 0. The van der Waals surface area contributed by atoms with Gasteiger partial charge in [-0.3, -0.25) is 4.90 Å². The number of nitrogens with zero attached hydrogens (tertiary/aromatic N) is 1. The zero-order chi connectivity index (χ0) is 9.54. The van der Waals surface area contributed by atoms with E-state index in [1.165, 1.54) is 45.1 Å². The molecule has 4 unspecified atom stereocenters. The van der Waals surface area contributed by atoms with Gasteiger partial charge in [-0.05, 0) is 50.5 Å². The third-order valence-corrected chi connectivity index (χ3v) is 4.80. The van der Waals surface area contributed by atoms with Crippen molar-refractivity contribution in [3.05, 3.63) is 0 Å². The predicted molar refractivity (Wildman–Crippen MR) is 58.0 cm³/mol. The van der Waals surface area contributed by atoms with E-state index in [1.807, 2.05) is 0 Å². The number of hydrogen-bond donors (Lipinski definition) is 1. The molecule has 2 nitrogen and oxygen atoms in total. The quantitative estimate of drug-likeness (QED) is 0.723. The van der Waals surface area contributed by atoms with Crippen molar-refractivity contribution in [1.29, 1.82) is 0 Å². The summed E-state index contributed by atoms with van der Waals surface area (Å²) in [5.41, 5.74) is 5.86. The van der Waals surface area contributed by atoms with Crippen LogP contribution in [0.1, 0.15) is 38.5 Å². The molecular weight excluding hydrogens is 172 g/mol. The van der Waals surface area contributed by atoms with Gasteiger partial charge in [0.05, 0.1) is 0 Å². The summed E-state index contributed by atoms with van der Waals surface area (Å²) >= 11 is 0. The molecule has 0 radical (unpaired) electrons. The van der Waals surface area contributed by atoms with Gasteiger partial charge in [-0.2, -0.15) is 0 Å². The molecule has 1 saturated heterocycles. The molecule has 0 aromatic carbocycles. The molecule has 1 heterocycles. The van der Waals surface area contributed by atoms with Gasteiger partial charge in [-0.15, -0.1) is 0 Å². The standard InChI is InChI=1S/C12H22N2/c13-7-10-2-1-3-12(10)14-8-9-4-5-11(14)6-9/h9-12H,1-8,13H2. The first-order chi connectivity index (χ1) is 6.88. The van der Waals surface area contributed by atoms with Crippen LogP contribution in [0.4, 0.5) is 0 Å². The van der Waals surface area contributed by atoms with Gasteiger partial charge in [-0.1, -0.05) is 6.42 Å². The molecule has 0 aromatic heterocycles. The Morgan fingerprint density at radius 2 is 2.07 bits per heavy atom. The number of piperidine rings is 1. The number of likely N-dealkylation sites (tertiary alicyclic amines) is 1. The highest BCUT2D eigenvalue weighted by Gasteiger charge is 2.43. The second-order valence-electron chi connectivity index (χ2n) is 5.52. The molecule has 2 N–H and O–H groups in total. The molecule has 2 bridgehead atoms. The van der Waals surface area contributed by atoms with Gasteiger partial charge in [0.15, 0.2) is 0 Å². The molecule has 0 aromatic rings. The van der Waals surface area contributed by atoms with Crippen molar-refractivity contribution >= 4 is 0 Å². The Hall–Kier alpha value is -0.0800. The van der Waals surface area contributed by atoms with Gasteiger partial charge in [0.1, 0.15) is 0 Å². The third-order valence-electron chi connectivity index (χ3n) is 4.80. The van der Waals surface area contributed by atoms with Crippen LogP contribution in [0.5, 0.6) is 0 Å². The first kappa shape index (κ1) is 9.17. The van der Waals surface area contributed by atoms with Crippen LogP contribution >= 0.6 is 0 Å². The van der Waals surface area contributed by atoms with Crippen molar-refractivity contribution in [1.82, 2.24) is 4.90 Å². The molecule has 3 aliphatic rings. The molecule has 0 amide bonds. The van der Waals surface area contributed by atoms with Crippen molar-refractivity contribution in [3.8, 4) is 0 Å². The molecule has 2 heteroatoms. The van der Waals surface area contributed by atoms with Crippen molar-refractivity contribution in [2.24, 2.45) is 17.6 Å². The summed E-state index contributed by atoms with van der Waals surface area (Å²) in [6.45, 7) is 2.31. The van der Waals surface area contributed by atoms with Gasteiger partial charge in [0.2, 0.25) is 0 Å². The lowest BCUT2D eigenvalue weighted by molar-refractivity contribution is 0.122. The smallest absolute Gasteiger partial charge is 0.0139 e. The fourth-order valence-corrected chi connectivity index (χ4v) is 4.10. The minimum Gasteiger partial charge on any atom is -0.330 e. The van der Waals surface area contributed by atoms with E-state index in [1.54, 1.807) is 0 Å². The van der Waals surface area contributed by atoms with Crippen LogP contribution in [-0.2, 0) is 0 Å². The van der Waals surface area contributed by atoms with Gasteiger partial charge >= 0.3 is 0 Å². The van der Waals surface area contributed by atoms with E-state index in [9.17, 15) is 0 Å². The lowest BCUT2D eigenvalue weighted by Crippen LogP contribution is -2.44. The Morgan fingerprint density at radius 1 is 1.14 bits per heavy atom. The van der Waals surface area contributed by atoms with Crippen molar-refractivity contribution < 1.29 is 0 Å². The molecule has 14 heavy (non-hydrogen) atoms.